The van der Waals surface area contributed by atoms with E-state index in [2.05, 4.69) is 13.8 Å². The molecule has 0 amide bonds. The van der Waals surface area contributed by atoms with Gasteiger partial charge in [-0.3, -0.25) is 9.59 Å². The standard InChI is InChI=1S/C9H19NO2.C5H12O.C4H9NO2.ClH/c1-4-5-6-7-12-8(11)9(2,3)10;1-2-3-4-5-6;1-4(2,5)3(6)7;/h4-7,10H2,1-3H3;6H,2-5H2,1H3;5H2,1-2H3,(H,6,7);1H. The third-order valence-electron chi connectivity index (χ3n) is 2.82. The van der Waals surface area contributed by atoms with Gasteiger partial charge in [-0.1, -0.05) is 39.5 Å². The van der Waals surface area contributed by atoms with Gasteiger partial charge in [0.05, 0.1) is 6.61 Å². The lowest BCUT2D eigenvalue weighted by molar-refractivity contribution is -0.149. The number of rotatable bonds is 9. The highest BCUT2D eigenvalue weighted by atomic mass is 35.5. The molecule has 0 saturated carbocycles. The van der Waals surface area contributed by atoms with Gasteiger partial charge in [0.1, 0.15) is 11.1 Å². The number of aliphatic carboxylic acids is 1. The van der Waals surface area contributed by atoms with Crippen molar-refractivity contribution in [2.75, 3.05) is 13.2 Å². The van der Waals surface area contributed by atoms with E-state index in [9.17, 15) is 9.59 Å². The lowest BCUT2D eigenvalue weighted by Crippen LogP contribution is -2.42. The van der Waals surface area contributed by atoms with Crippen molar-refractivity contribution in [3.05, 3.63) is 0 Å². The van der Waals surface area contributed by atoms with E-state index in [0.717, 1.165) is 32.1 Å². The van der Waals surface area contributed by atoms with Crippen LogP contribution < -0.4 is 11.5 Å². The molecule has 160 valence electrons. The van der Waals surface area contributed by atoms with E-state index in [0.29, 0.717) is 13.2 Å². The second-order valence-corrected chi connectivity index (χ2v) is 7.02. The Morgan fingerprint density at radius 1 is 0.885 bits per heavy atom. The monoisotopic (exact) mass is 400 g/mol. The van der Waals surface area contributed by atoms with E-state index in [1.807, 2.05) is 0 Å². The first-order chi connectivity index (χ1) is 11.3. The van der Waals surface area contributed by atoms with Crippen molar-refractivity contribution in [2.45, 2.75) is 91.1 Å². The molecule has 0 fully saturated rings. The molecule has 0 aromatic heterocycles. The van der Waals surface area contributed by atoms with Crippen molar-refractivity contribution in [3.8, 4) is 0 Å². The summed E-state index contributed by atoms with van der Waals surface area (Å²) in [6.45, 7) is 11.3. The van der Waals surface area contributed by atoms with E-state index in [-0.39, 0.29) is 18.4 Å². The summed E-state index contributed by atoms with van der Waals surface area (Å²) in [6.07, 6.45) is 6.48. The van der Waals surface area contributed by atoms with Crippen LogP contribution in [0.3, 0.4) is 0 Å². The molecule has 0 aromatic carbocycles. The summed E-state index contributed by atoms with van der Waals surface area (Å²) in [5, 5.41) is 16.3. The average molecular weight is 401 g/mol. The molecule has 0 saturated heterocycles. The zero-order chi connectivity index (χ0) is 20.5. The Labute approximate surface area is 165 Å². The first-order valence-corrected chi connectivity index (χ1v) is 8.93. The number of nitrogens with two attached hydrogens (primary N) is 2. The SMILES string of the molecule is CC(C)(N)C(=O)O.CCCCCO.CCCCCOC(=O)C(C)(C)N.Cl. The van der Waals surface area contributed by atoms with Gasteiger partial charge >= 0.3 is 11.9 Å². The Kier molecular flexibility index (Phi) is 23.8. The number of carbonyl (C=O) groups is 2. The minimum atomic E-state index is -1.08. The number of halogens is 1. The molecule has 0 aromatic rings. The van der Waals surface area contributed by atoms with Gasteiger partial charge in [-0.05, 0) is 40.5 Å². The second-order valence-electron chi connectivity index (χ2n) is 7.02. The fourth-order valence-electron chi connectivity index (χ4n) is 1.06. The first kappa shape index (κ1) is 32.8. The largest absolute Gasteiger partial charge is 0.480 e. The number of unbranched alkanes of at least 4 members (excludes halogenated alkanes) is 4. The van der Waals surface area contributed by atoms with Gasteiger partial charge < -0.3 is 26.4 Å². The molecule has 0 rings (SSSR count). The Bertz CT molecular complexity index is 335. The quantitative estimate of drug-likeness (QED) is 0.345. The molecule has 26 heavy (non-hydrogen) atoms. The Hall–Kier alpha value is -0.890. The maximum absolute atomic E-state index is 11.1. The molecule has 0 heterocycles. The van der Waals surface area contributed by atoms with E-state index < -0.39 is 17.0 Å². The average Bonchev–Trinajstić information content (AvgIpc) is 2.48. The van der Waals surface area contributed by atoms with Crippen LogP contribution in [0, 0.1) is 0 Å². The topological polar surface area (TPSA) is 136 Å². The van der Waals surface area contributed by atoms with Crippen molar-refractivity contribution in [1.29, 1.82) is 0 Å². The van der Waals surface area contributed by atoms with Gasteiger partial charge in [-0.15, -0.1) is 12.4 Å². The summed E-state index contributed by atoms with van der Waals surface area (Å²) in [6, 6.07) is 0. The van der Waals surface area contributed by atoms with Crippen molar-refractivity contribution < 1.29 is 24.5 Å². The summed E-state index contributed by atoms with van der Waals surface area (Å²) in [5.74, 6) is -1.30. The molecule has 0 aliphatic heterocycles. The van der Waals surface area contributed by atoms with Crippen LogP contribution in [0.2, 0.25) is 0 Å². The second kappa shape index (κ2) is 18.9. The van der Waals surface area contributed by atoms with Gasteiger partial charge in [0.15, 0.2) is 0 Å². The maximum atomic E-state index is 11.1. The van der Waals surface area contributed by atoms with E-state index in [4.69, 9.17) is 26.4 Å². The van der Waals surface area contributed by atoms with Gasteiger partial charge in [-0.25, -0.2) is 0 Å². The van der Waals surface area contributed by atoms with Crippen LogP contribution in [-0.4, -0.2) is 46.4 Å². The van der Waals surface area contributed by atoms with Crippen molar-refractivity contribution >= 4 is 24.3 Å². The normalized spacial score (nSPS) is 10.3. The maximum Gasteiger partial charge on any atom is 0.325 e. The third-order valence-corrected chi connectivity index (χ3v) is 2.82. The number of hydrogen-bond donors (Lipinski definition) is 4. The van der Waals surface area contributed by atoms with Crippen LogP contribution in [0.15, 0.2) is 0 Å². The summed E-state index contributed by atoms with van der Waals surface area (Å²) >= 11 is 0. The molecule has 0 atom stereocenters. The fourth-order valence-corrected chi connectivity index (χ4v) is 1.06. The summed E-state index contributed by atoms with van der Waals surface area (Å²) in [7, 11) is 0. The molecule has 0 aliphatic rings. The van der Waals surface area contributed by atoms with Gasteiger partial charge in [0.2, 0.25) is 0 Å². The van der Waals surface area contributed by atoms with E-state index in [1.54, 1.807) is 13.8 Å². The number of carboxylic acids is 1. The lowest BCUT2D eigenvalue weighted by atomic mass is 10.1. The van der Waals surface area contributed by atoms with Gasteiger partial charge in [-0.2, -0.15) is 0 Å². The zero-order valence-corrected chi connectivity index (χ0v) is 18.2. The predicted octanol–water partition coefficient (Wildman–Crippen LogP) is 2.86. The highest BCUT2D eigenvalue weighted by Crippen LogP contribution is 2.02. The van der Waals surface area contributed by atoms with Gasteiger partial charge in [0.25, 0.3) is 0 Å². The predicted molar refractivity (Wildman–Crippen MR) is 109 cm³/mol. The highest BCUT2D eigenvalue weighted by molar-refractivity contribution is 5.85. The molecule has 0 radical (unpaired) electrons. The molecule has 7 nitrogen and oxygen atoms in total. The number of carbonyl (C=O) groups excluding carboxylic acids is 1. The zero-order valence-electron chi connectivity index (χ0n) is 17.3. The van der Waals surface area contributed by atoms with Crippen LogP contribution in [0.4, 0.5) is 0 Å². The molecule has 0 aliphatic carbocycles. The molecule has 0 unspecified atom stereocenters. The van der Waals surface area contributed by atoms with Crippen LogP contribution in [0.1, 0.15) is 80.1 Å². The molecular formula is C18H41ClN2O5. The lowest BCUT2D eigenvalue weighted by Gasteiger charge is -2.16. The molecule has 0 spiro atoms. The van der Waals surface area contributed by atoms with E-state index >= 15 is 0 Å². The minimum absolute atomic E-state index is 0. The Morgan fingerprint density at radius 3 is 1.50 bits per heavy atom. The number of ether oxygens (including phenoxy) is 1. The molecule has 8 heteroatoms. The highest BCUT2D eigenvalue weighted by Gasteiger charge is 2.23. The molecule has 0 bridgehead atoms. The third kappa shape index (κ3) is 27.9. The number of hydrogen-bond acceptors (Lipinski definition) is 6. The summed E-state index contributed by atoms with van der Waals surface area (Å²) in [4.78, 5) is 21.0. The minimum Gasteiger partial charge on any atom is -0.480 e. The summed E-state index contributed by atoms with van der Waals surface area (Å²) < 4.78 is 4.94. The number of aliphatic hydroxyl groups is 1. The molecular weight excluding hydrogens is 360 g/mol. The Morgan fingerprint density at radius 2 is 1.27 bits per heavy atom. The van der Waals surface area contributed by atoms with Crippen LogP contribution in [0.5, 0.6) is 0 Å². The van der Waals surface area contributed by atoms with Crippen LogP contribution in [0.25, 0.3) is 0 Å². The Balaban J connectivity index is -0.000000149. The summed E-state index contributed by atoms with van der Waals surface area (Å²) in [5.41, 5.74) is 8.66. The molecule has 6 N–H and O–H groups in total. The van der Waals surface area contributed by atoms with Crippen molar-refractivity contribution in [2.24, 2.45) is 11.5 Å². The van der Waals surface area contributed by atoms with E-state index in [1.165, 1.54) is 20.3 Å². The van der Waals surface area contributed by atoms with Crippen molar-refractivity contribution in [3.63, 3.8) is 0 Å². The van der Waals surface area contributed by atoms with Gasteiger partial charge in [0, 0.05) is 6.61 Å². The first-order valence-electron chi connectivity index (χ1n) is 8.93. The fraction of sp³-hybridized carbons (Fsp3) is 0.889. The van der Waals surface area contributed by atoms with Crippen LogP contribution in [-0.2, 0) is 14.3 Å². The van der Waals surface area contributed by atoms with Crippen LogP contribution >= 0.6 is 12.4 Å². The number of carboxylic acid groups (broad SMARTS) is 1. The van der Waals surface area contributed by atoms with Crippen molar-refractivity contribution in [1.82, 2.24) is 0 Å². The smallest absolute Gasteiger partial charge is 0.325 e. The number of aliphatic hydroxyl groups excluding tert-OH is 1. The number of esters is 1.